The smallest absolute Gasteiger partial charge is 0.303 e. The van der Waals surface area contributed by atoms with Crippen LogP contribution >= 0.6 is 0 Å². The monoisotopic (exact) mass is 236 g/mol. The minimum Gasteiger partial charge on any atom is -0.504 e. The van der Waals surface area contributed by atoms with Gasteiger partial charge in [0.25, 0.3) is 0 Å². The molecular weight excluding hydrogens is 220 g/mol. The van der Waals surface area contributed by atoms with Gasteiger partial charge in [0.1, 0.15) is 0 Å². The van der Waals surface area contributed by atoms with E-state index >= 15 is 0 Å². The molecule has 1 aromatic carbocycles. The largest absolute Gasteiger partial charge is 0.504 e. The second-order valence-corrected chi connectivity index (χ2v) is 4.75. The number of hydrogen-bond donors (Lipinski definition) is 3. The molecule has 0 radical (unpaired) electrons. The van der Waals surface area contributed by atoms with Crippen LogP contribution in [-0.4, -0.2) is 21.3 Å². The molecule has 1 unspecified atom stereocenters. The fraction of sp³-hybridized carbons (Fsp3) is 0.462. The quantitative estimate of drug-likeness (QED) is 0.701. The van der Waals surface area contributed by atoms with Crippen LogP contribution in [0.25, 0.3) is 0 Å². The number of carbonyl (C=O) groups is 1. The summed E-state index contributed by atoms with van der Waals surface area (Å²) < 4.78 is 0. The van der Waals surface area contributed by atoms with Crippen molar-refractivity contribution in [2.45, 2.75) is 32.1 Å². The molecule has 1 aliphatic rings. The maximum Gasteiger partial charge on any atom is 0.303 e. The number of aromatic hydroxyl groups is 2. The Morgan fingerprint density at radius 1 is 1.41 bits per heavy atom. The molecule has 1 atom stereocenters. The summed E-state index contributed by atoms with van der Waals surface area (Å²) in [5.41, 5.74) is 1.39. The van der Waals surface area contributed by atoms with Gasteiger partial charge < -0.3 is 15.3 Å². The van der Waals surface area contributed by atoms with Crippen molar-refractivity contribution in [1.29, 1.82) is 0 Å². The highest BCUT2D eigenvalue weighted by Gasteiger charge is 2.34. The summed E-state index contributed by atoms with van der Waals surface area (Å²) in [6.07, 6.45) is 2.16. The van der Waals surface area contributed by atoms with E-state index in [1.807, 2.05) is 0 Å². The lowest BCUT2D eigenvalue weighted by molar-refractivity contribution is -0.137. The Hall–Kier alpha value is -1.71. The van der Waals surface area contributed by atoms with Crippen molar-refractivity contribution in [3.05, 3.63) is 23.3 Å². The third kappa shape index (κ3) is 2.52. The predicted molar refractivity (Wildman–Crippen MR) is 62.2 cm³/mol. The van der Waals surface area contributed by atoms with Crippen LogP contribution in [0.2, 0.25) is 0 Å². The number of rotatable bonds is 4. The van der Waals surface area contributed by atoms with Gasteiger partial charge in [-0.3, -0.25) is 4.79 Å². The highest BCUT2D eigenvalue weighted by Crippen LogP contribution is 2.46. The van der Waals surface area contributed by atoms with E-state index in [2.05, 4.69) is 0 Å². The van der Waals surface area contributed by atoms with Gasteiger partial charge in [0, 0.05) is 0 Å². The molecule has 2 rings (SSSR count). The molecule has 0 heterocycles. The summed E-state index contributed by atoms with van der Waals surface area (Å²) >= 11 is 0. The van der Waals surface area contributed by atoms with Gasteiger partial charge in [-0.25, -0.2) is 0 Å². The highest BCUT2D eigenvalue weighted by molar-refractivity contribution is 5.68. The van der Waals surface area contributed by atoms with Crippen LogP contribution in [0.1, 0.15) is 36.3 Å². The molecular formula is C13H16O4. The predicted octanol–water partition coefficient (Wildman–Crippen LogP) is 2.37. The maximum atomic E-state index is 10.8. The van der Waals surface area contributed by atoms with Gasteiger partial charge in [-0.05, 0) is 48.8 Å². The van der Waals surface area contributed by atoms with Gasteiger partial charge >= 0.3 is 5.97 Å². The zero-order valence-electron chi connectivity index (χ0n) is 9.68. The number of phenolic OH excluding ortho intramolecular Hbond substituents is 2. The molecule has 0 amide bonds. The van der Waals surface area contributed by atoms with Gasteiger partial charge in [-0.15, -0.1) is 0 Å². The summed E-state index contributed by atoms with van der Waals surface area (Å²) in [5.74, 6) is -0.783. The molecule has 92 valence electrons. The molecule has 0 saturated heterocycles. The Morgan fingerprint density at radius 2 is 2.06 bits per heavy atom. The van der Waals surface area contributed by atoms with E-state index in [0.29, 0.717) is 11.5 Å². The van der Waals surface area contributed by atoms with Crippen molar-refractivity contribution in [2.75, 3.05) is 0 Å². The number of aliphatic carboxylic acids is 1. The van der Waals surface area contributed by atoms with E-state index in [1.165, 1.54) is 6.07 Å². The molecule has 1 aromatic rings. The number of carboxylic acid groups (broad SMARTS) is 1. The van der Waals surface area contributed by atoms with Crippen molar-refractivity contribution in [3.63, 3.8) is 0 Å². The van der Waals surface area contributed by atoms with Crippen LogP contribution in [0.15, 0.2) is 12.1 Å². The van der Waals surface area contributed by atoms with Crippen LogP contribution < -0.4 is 0 Å². The fourth-order valence-corrected chi connectivity index (χ4v) is 2.25. The summed E-state index contributed by atoms with van der Waals surface area (Å²) in [6, 6.07) is 3.25. The fourth-order valence-electron chi connectivity index (χ4n) is 2.25. The zero-order chi connectivity index (χ0) is 12.6. The van der Waals surface area contributed by atoms with Gasteiger partial charge in [-0.2, -0.15) is 0 Å². The van der Waals surface area contributed by atoms with Crippen LogP contribution in [0.5, 0.6) is 11.5 Å². The molecule has 4 nitrogen and oxygen atoms in total. The molecule has 1 saturated carbocycles. The van der Waals surface area contributed by atoms with Crippen molar-refractivity contribution in [1.82, 2.24) is 0 Å². The number of carboxylic acids is 1. The Bertz CT molecular complexity index is 426. The Balaban J connectivity index is 2.32. The minimum atomic E-state index is -0.827. The first-order valence-corrected chi connectivity index (χ1v) is 5.73. The molecule has 4 heteroatoms. The zero-order valence-corrected chi connectivity index (χ0v) is 9.68. The van der Waals surface area contributed by atoms with E-state index in [0.717, 1.165) is 18.4 Å². The molecule has 0 bridgehead atoms. The highest BCUT2D eigenvalue weighted by atomic mass is 16.4. The van der Waals surface area contributed by atoms with E-state index < -0.39 is 5.97 Å². The van der Waals surface area contributed by atoms with Crippen molar-refractivity contribution in [3.8, 4) is 11.5 Å². The average Bonchev–Trinajstić information content (AvgIpc) is 3.05. The van der Waals surface area contributed by atoms with E-state index in [-0.39, 0.29) is 23.8 Å². The minimum absolute atomic E-state index is 0.0577. The lowest BCUT2D eigenvalue weighted by Gasteiger charge is -2.16. The topological polar surface area (TPSA) is 77.8 Å². The van der Waals surface area contributed by atoms with E-state index in [4.69, 9.17) is 5.11 Å². The third-order valence-corrected chi connectivity index (χ3v) is 3.32. The second-order valence-electron chi connectivity index (χ2n) is 4.75. The Morgan fingerprint density at radius 3 is 2.53 bits per heavy atom. The number of aryl methyl sites for hydroxylation is 1. The van der Waals surface area contributed by atoms with Crippen LogP contribution in [0.4, 0.5) is 0 Å². The molecule has 0 spiro atoms. The molecule has 1 fully saturated rings. The normalized spacial score (nSPS) is 16.8. The average molecular weight is 236 g/mol. The number of phenols is 2. The summed E-state index contributed by atoms with van der Waals surface area (Å²) in [4.78, 5) is 10.8. The molecule has 17 heavy (non-hydrogen) atoms. The summed E-state index contributed by atoms with van der Waals surface area (Å²) in [6.45, 7) is 1.70. The molecule has 0 aromatic heterocycles. The Labute approximate surface area is 99.5 Å². The van der Waals surface area contributed by atoms with Crippen molar-refractivity contribution < 1.29 is 20.1 Å². The molecule has 3 N–H and O–H groups in total. The van der Waals surface area contributed by atoms with E-state index in [9.17, 15) is 15.0 Å². The third-order valence-electron chi connectivity index (χ3n) is 3.32. The molecule has 1 aliphatic carbocycles. The van der Waals surface area contributed by atoms with Crippen molar-refractivity contribution in [2.24, 2.45) is 5.92 Å². The Kier molecular flexibility index (Phi) is 2.96. The first-order valence-electron chi connectivity index (χ1n) is 5.73. The van der Waals surface area contributed by atoms with Crippen molar-refractivity contribution >= 4 is 5.97 Å². The maximum absolute atomic E-state index is 10.8. The van der Waals surface area contributed by atoms with Crippen LogP contribution in [-0.2, 0) is 4.79 Å². The first kappa shape index (κ1) is 11.8. The van der Waals surface area contributed by atoms with E-state index in [1.54, 1.807) is 13.0 Å². The lowest BCUT2D eigenvalue weighted by Crippen LogP contribution is -2.08. The second kappa shape index (κ2) is 4.28. The van der Waals surface area contributed by atoms with Gasteiger partial charge in [0.15, 0.2) is 11.5 Å². The van der Waals surface area contributed by atoms with Crippen LogP contribution in [0, 0.1) is 12.8 Å². The number of hydrogen-bond acceptors (Lipinski definition) is 3. The standard InChI is InChI=1S/C13H16O4/c1-7-4-9(5-11(14)13(7)17)10(6-12(15)16)8-2-3-8/h4-5,8,10,14,17H,2-3,6H2,1H3,(H,15,16). The number of benzene rings is 1. The first-order chi connectivity index (χ1) is 7.99. The summed E-state index contributed by atoms with van der Waals surface area (Å²) in [7, 11) is 0. The van der Waals surface area contributed by atoms with Gasteiger partial charge in [-0.1, -0.05) is 6.07 Å². The van der Waals surface area contributed by atoms with Crippen LogP contribution in [0.3, 0.4) is 0 Å². The molecule has 0 aliphatic heterocycles. The SMILES string of the molecule is Cc1cc(C(CC(=O)O)C2CC2)cc(O)c1O. The summed E-state index contributed by atoms with van der Waals surface area (Å²) in [5, 5.41) is 28.0. The van der Waals surface area contributed by atoms with Gasteiger partial charge in [0.2, 0.25) is 0 Å². The van der Waals surface area contributed by atoms with Gasteiger partial charge in [0.05, 0.1) is 6.42 Å². The lowest BCUT2D eigenvalue weighted by atomic mass is 9.89.